The van der Waals surface area contributed by atoms with Crippen molar-refractivity contribution < 1.29 is 4.42 Å². The van der Waals surface area contributed by atoms with Crippen LogP contribution >= 0.6 is 0 Å². The average molecular weight is 717 g/mol. The summed E-state index contributed by atoms with van der Waals surface area (Å²) in [6.45, 7) is 0. The summed E-state index contributed by atoms with van der Waals surface area (Å²) in [5.41, 5.74) is 12.0. The fraction of sp³-hybridized carbons (Fsp3) is 0. The van der Waals surface area contributed by atoms with Crippen molar-refractivity contribution >= 4 is 43.7 Å². The fourth-order valence-corrected chi connectivity index (χ4v) is 7.96. The Morgan fingerprint density at radius 1 is 0.321 bits per heavy atom. The van der Waals surface area contributed by atoms with Crippen LogP contribution in [0.2, 0.25) is 0 Å². The van der Waals surface area contributed by atoms with Gasteiger partial charge in [-0.25, -0.2) is 15.0 Å². The Labute approximate surface area is 322 Å². The normalized spacial score (nSPS) is 11.6. The summed E-state index contributed by atoms with van der Waals surface area (Å²) >= 11 is 0. The van der Waals surface area contributed by atoms with E-state index in [0.717, 1.165) is 77.6 Å². The minimum atomic E-state index is 0.578. The van der Waals surface area contributed by atoms with E-state index in [0.29, 0.717) is 17.5 Å². The smallest absolute Gasteiger partial charge is 0.164 e. The van der Waals surface area contributed by atoms with Crippen LogP contribution in [-0.2, 0) is 0 Å². The second-order valence-corrected chi connectivity index (χ2v) is 14.0. The number of aromatic nitrogens is 4. The lowest BCUT2D eigenvalue weighted by atomic mass is 10.0. The van der Waals surface area contributed by atoms with Gasteiger partial charge in [0.05, 0.1) is 16.7 Å². The van der Waals surface area contributed by atoms with Crippen LogP contribution in [0.3, 0.4) is 0 Å². The van der Waals surface area contributed by atoms with Gasteiger partial charge in [0.1, 0.15) is 5.58 Å². The zero-order valence-electron chi connectivity index (χ0n) is 30.2. The van der Waals surface area contributed by atoms with Gasteiger partial charge in [-0.15, -0.1) is 0 Å². The molecular weight excluding hydrogens is 685 g/mol. The molecule has 0 aliphatic carbocycles. The molecule has 262 valence electrons. The summed E-state index contributed by atoms with van der Waals surface area (Å²) < 4.78 is 9.30. The van der Waals surface area contributed by atoms with Gasteiger partial charge in [0.2, 0.25) is 0 Å². The molecule has 0 saturated carbocycles. The summed E-state index contributed by atoms with van der Waals surface area (Å²) in [6, 6.07) is 67.4. The van der Waals surface area contributed by atoms with Crippen molar-refractivity contribution in [3.8, 4) is 62.1 Å². The number of rotatable bonds is 6. The zero-order chi connectivity index (χ0) is 37.0. The van der Waals surface area contributed by atoms with Crippen molar-refractivity contribution in [1.29, 1.82) is 0 Å². The van der Waals surface area contributed by atoms with Gasteiger partial charge in [0.25, 0.3) is 0 Å². The Balaban J connectivity index is 1.13. The van der Waals surface area contributed by atoms with Crippen LogP contribution in [-0.4, -0.2) is 19.5 Å². The van der Waals surface area contributed by atoms with E-state index >= 15 is 0 Å². The monoisotopic (exact) mass is 716 g/mol. The Morgan fingerprint density at radius 2 is 0.821 bits per heavy atom. The molecule has 0 bridgehead atoms. The molecule has 5 heteroatoms. The van der Waals surface area contributed by atoms with Gasteiger partial charge in [0.15, 0.2) is 23.1 Å². The zero-order valence-corrected chi connectivity index (χ0v) is 30.2. The first-order chi connectivity index (χ1) is 27.7. The maximum Gasteiger partial charge on any atom is 0.164 e. The molecule has 0 radical (unpaired) electrons. The van der Waals surface area contributed by atoms with E-state index in [1.807, 2.05) is 36.4 Å². The number of nitrogens with zero attached hydrogens (tertiary/aromatic N) is 4. The first kappa shape index (κ1) is 31.9. The summed E-state index contributed by atoms with van der Waals surface area (Å²) in [4.78, 5) is 15.2. The van der Waals surface area contributed by atoms with Gasteiger partial charge in [-0.1, -0.05) is 152 Å². The van der Waals surface area contributed by atoms with Crippen LogP contribution in [0.25, 0.3) is 106 Å². The molecule has 0 spiro atoms. The first-order valence-electron chi connectivity index (χ1n) is 18.8. The standard InChI is InChI=1S/C51H32N4O/c1-4-15-33(16-5-1)36-21-14-22-37(29-36)50-52-49(35-19-8-3-9-20-35)53-51(54-50)38-27-28-42-43-30-39(34-17-6-2-7-18-34)31-46(48(43)56-47(42)32-38)55-44-25-12-10-23-40(44)41-24-11-13-26-45(41)55/h1-32H. The van der Waals surface area contributed by atoms with E-state index in [9.17, 15) is 0 Å². The largest absolute Gasteiger partial charge is 0.454 e. The minimum absolute atomic E-state index is 0.578. The van der Waals surface area contributed by atoms with Crippen molar-refractivity contribution in [2.24, 2.45) is 0 Å². The summed E-state index contributed by atoms with van der Waals surface area (Å²) in [6.07, 6.45) is 0. The quantitative estimate of drug-likeness (QED) is 0.172. The summed E-state index contributed by atoms with van der Waals surface area (Å²) in [5, 5.41) is 4.48. The van der Waals surface area contributed by atoms with Gasteiger partial charge < -0.3 is 8.98 Å². The predicted octanol–water partition coefficient (Wildman–Crippen LogP) is 13.2. The van der Waals surface area contributed by atoms with E-state index in [4.69, 9.17) is 19.4 Å². The first-order valence-corrected chi connectivity index (χ1v) is 18.8. The molecule has 11 aromatic rings. The molecule has 0 aliphatic heterocycles. The molecule has 0 saturated heterocycles. The molecule has 0 amide bonds. The van der Waals surface area contributed by atoms with E-state index in [-0.39, 0.29) is 0 Å². The summed E-state index contributed by atoms with van der Waals surface area (Å²) in [7, 11) is 0. The third-order valence-corrected chi connectivity index (χ3v) is 10.6. The topological polar surface area (TPSA) is 56.7 Å². The van der Waals surface area contributed by atoms with Crippen LogP contribution in [0.5, 0.6) is 0 Å². The minimum Gasteiger partial charge on any atom is -0.454 e. The third-order valence-electron chi connectivity index (χ3n) is 10.6. The van der Waals surface area contributed by atoms with Crippen LogP contribution in [0.1, 0.15) is 0 Å². The Kier molecular flexibility index (Phi) is 7.42. The lowest BCUT2D eigenvalue weighted by Crippen LogP contribution is -2.00. The molecule has 3 aromatic heterocycles. The SMILES string of the molecule is c1ccc(-c2cccc(-c3nc(-c4ccccc4)nc(-c4ccc5c(c4)oc4c(-n6c7ccccc7c7ccccc76)cc(-c6ccccc6)cc45)n3)c2)cc1. The van der Waals surface area contributed by atoms with E-state index in [2.05, 4.69) is 162 Å². The lowest BCUT2D eigenvalue weighted by molar-refractivity contribution is 0.666. The summed E-state index contributed by atoms with van der Waals surface area (Å²) in [5.74, 6) is 1.80. The molecule has 0 unspecified atom stereocenters. The highest BCUT2D eigenvalue weighted by Crippen LogP contribution is 2.41. The number of para-hydroxylation sites is 2. The maximum atomic E-state index is 6.96. The van der Waals surface area contributed by atoms with Crippen LogP contribution in [0.4, 0.5) is 0 Å². The van der Waals surface area contributed by atoms with Crippen molar-refractivity contribution in [1.82, 2.24) is 19.5 Å². The Morgan fingerprint density at radius 3 is 1.46 bits per heavy atom. The van der Waals surface area contributed by atoms with Gasteiger partial charge >= 0.3 is 0 Å². The predicted molar refractivity (Wildman–Crippen MR) is 229 cm³/mol. The van der Waals surface area contributed by atoms with Crippen molar-refractivity contribution in [3.63, 3.8) is 0 Å². The van der Waals surface area contributed by atoms with Crippen molar-refractivity contribution in [2.75, 3.05) is 0 Å². The lowest BCUT2D eigenvalue weighted by Gasteiger charge is -2.11. The van der Waals surface area contributed by atoms with Crippen molar-refractivity contribution in [2.45, 2.75) is 0 Å². The molecule has 8 aromatic carbocycles. The van der Waals surface area contributed by atoms with Crippen LogP contribution < -0.4 is 0 Å². The number of hydrogen-bond donors (Lipinski definition) is 0. The van der Waals surface area contributed by atoms with Gasteiger partial charge in [-0.2, -0.15) is 0 Å². The molecule has 5 nitrogen and oxygen atoms in total. The number of fused-ring (bicyclic) bond motifs is 6. The molecule has 0 atom stereocenters. The van der Waals surface area contributed by atoms with Gasteiger partial charge in [0, 0.05) is 38.2 Å². The van der Waals surface area contributed by atoms with Gasteiger partial charge in [-0.3, -0.25) is 0 Å². The number of hydrogen-bond acceptors (Lipinski definition) is 4. The Hall–Kier alpha value is -7.63. The molecule has 11 rings (SSSR count). The molecule has 3 heterocycles. The van der Waals surface area contributed by atoms with Crippen LogP contribution in [0.15, 0.2) is 199 Å². The molecule has 0 fully saturated rings. The highest BCUT2D eigenvalue weighted by atomic mass is 16.3. The highest BCUT2D eigenvalue weighted by molar-refractivity contribution is 6.14. The van der Waals surface area contributed by atoms with Crippen molar-refractivity contribution in [3.05, 3.63) is 194 Å². The highest BCUT2D eigenvalue weighted by Gasteiger charge is 2.21. The number of benzene rings is 8. The fourth-order valence-electron chi connectivity index (χ4n) is 7.96. The van der Waals surface area contributed by atoms with E-state index in [1.54, 1.807) is 0 Å². The van der Waals surface area contributed by atoms with Crippen LogP contribution in [0, 0.1) is 0 Å². The Bertz CT molecular complexity index is 3190. The maximum absolute atomic E-state index is 6.96. The third kappa shape index (κ3) is 5.37. The number of furan rings is 1. The molecular formula is C51H32N4O. The second-order valence-electron chi connectivity index (χ2n) is 14.0. The molecule has 56 heavy (non-hydrogen) atoms. The molecule has 0 N–H and O–H groups in total. The van der Waals surface area contributed by atoms with Gasteiger partial charge in [-0.05, 0) is 64.7 Å². The van der Waals surface area contributed by atoms with E-state index < -0.39 is 0 Å². The average Bonchev–Trinajstić information content (AvgIpc) is 3.82. The van der Waals surface area contributed by atoms with E-state index in [1.165, 1.54) is 10.8 Å². The second kappa shape index (κ2) is 13.0. The molecule has 0 aliphatic rings.